The smallest absolute Gasteiger partial charge is 0.344 e. The standard InChI is InChI=1S/C15H22O5/c1-3-13(20-12-17-4-2)10-19-15(16)11-18-14-8-6-5-7-9-14/h5-9,13H,3-4,10-12H2,1-2H3. The van der Waals surface area contributed by atoms with E-state index in [1.807, 2.05) is 32.0 Å². The van der Waals surface area contributed by atoms with Crippen LogP contribution in [0.15, 0.2) is 30.3 Å². The van der Waals surface area contributed by atoms with Crippen LogP contribution in [0.25, 0.3) is 0 Å². The van der Waals surface area contributed by atoms with Crippen LogP contribution in [0.1, 0.15) is 20.3 Å². The summed E-state index contributed by atoms with van der Waals surface area (Å²) in [5, 5.41) is 0. The van der Waals surface area contributed by atoms with Gasteiger partial charge >= 0.3 is 5.97 Å². The van der Waals surface area contributed by atoms with Crippen LogP contribution in [0.3, 0.4) is 0 Å². The summed E-state index contributed by atoms with van der Waals surface area (Å²) < 4.78 is 20.9. The van der Waals surface area contributed by atoms with Gasteiger partial charge in [-0.05, 0) is 25.5 Å². The zero-order chi connectivity index (χ0) is 14.6. The molecule has 20 heavy (non-hydrogen) atoms. The molecule has 0 saturated carbocycles. The number of carbonyl (C=O) groups excluding carboxylic acids is 1. The minimum atomic E-state index is -0.410. The summed E-state index contributed by atoms with van der Waals surface area (Å²) in [6, 6.07) is 9.14. The van der Waals surface area contributed by atoms with Crippen LogP contribution in [0.5, 0.6) is 5.75 Å². The van der Waals surface area contributed by atoms with E-state index in [1.54, 1.807) is 12.1 Å². The van der Waals surface area contributed by atoms with Crippen LogP contribution in [0.4, 0.5) is 0 Å². The lowest BCUT2D eigenvalue weighted by molar-refractivity contribution is -0.155. The van der Waals surface area contributed by atoms with E-state index in [1.165, 1.54) is 0 Å². The molecule has 0 aromatic heterocycles. The van der Waals surface area contributed by atoms with Crippen molar-refractivity contribution in [2.24, 2.45) is 0 Å². The minimum Gasteiger partial charge on any atom is -0.482 e. The number of rotatable bonds is 10. The molecule has 5 nitrogen and oxygen atoms in total. The zero-order valence-corrected chi connectivity index (χ0v) is 12.0. The summed E-state index contributed by atoms with van der Waals surface area (Å²) in [7, 11) is 0. The van der Waals surface area contributed by atoms with Crippen molar-refractivity contribution in [3.8, 4) is 5.75 Å². The molecule has 0 N–H and O–H groups in total. The highest BCUT2D eigenvalue weighted by Crippen LogP contribution is 2.08. The maximum atomic E-state index is 11.5. The highest BCUT2D eigenvalue weighted by molar-refractivity contribution is 5.71. The first-order chi connectivity index (χ1) is 9.76. The van der Waals surface area contributed by atoms with Crippen molar-refractivity contribution in [2.45, 2.75) is 26.4 Å². The van der Waals surface area contributed by atoms with E-state index in [2.05, 4.69) is 0 Å². The normalized spacial score (nSPS) is 11.9. The Morgan fingerprint density at radius 2 is 1.95 bits per heavy atom. The van der Waals surface area contributed by atoms with Crippen LogP contribution in [0, 0.1) is 0 Å². The molecule has 1 aromatic carbocycles. The Balaban J connectivity index is 2.17. The Morgan fingerprint density at radius 1 is 1.20 bits per heavy atom. The Labute approximate surface area is 119 Å². The molecule has 0 aliphatic heterocycles. The number of esters is 1. The van der Waals surface area contributed by atoms with Crippen molar-refractivity contribution < 1.29 is 23.7 Å². The van der Waals surface area contributed by atoms with Gasteiger partial charge in [0.2, 0.25) is 0 Å². The molecule has 0 amide bonds. The summed E-state index contributed by atoms with van der Waals surface area (Å²) in [6.07, 6.45) is 0.599. The highest BCUT2D eigenvalue weighted by atomic mass is 16.7. The van der Waals surface area contributed by atoms with Crippen LogP contribution >= 0.6 is 0 Å². The van der Waals surface area contributed by atoms with Crippen molar-refractivity contribution in [1.82, 2.24) is 0 Å². The first-order valence-electron chi connectivity index (χ1n) is 6.79. The molecule has 0 fully saturated rings. The summed E-state index contributed by atoms with van der Waals surface area (Å²) in [5.74, 6) is 0.233. The number of hydrogen-bond donors (Lipinski definition) is 0. The van der Waals surface area contributed by atoms with Gasteiger partial charge < -0.3 is 18.9 Å². The number of hydrogen-bond acceptors (Lipinski definition) is 5. The molecule has 0 bridgehead atoms. The Bertz CT molecular complexity index is 366. The number of ether oxygens (including phenoxy) is 4. The van der Waals surface area contributed by atoms with Crippen molar-refractivity contribution in [1.29, 1.82) is 0 Å². The molecule has 0 aliphatic rings. The lowest BCUT2D eigenvalue weighted by Crippen LogP contribution is -2.25. The third-order valence-corrected chi connectivity index (χ3v) is 2.58. The van der Waals surface area contributed by atoms with E-state index >= 15 is 0 Å². The van der Waals surface area contributed by atoms with E-state index < -0.39 is 5.97 Å². The van der Waals surface area contributed by atoms with Gasteiger partial charge in [0, 0.05) is 6.61 Å². The first kappa shape index (κ1) is 16.5. The minimum absolute atomic E-state index is 0.105. The molecule has 0 spiro atoms. The van der Waals surface area contributed by atoms with Gasteiger partial charge in [-0.3, -0.25) is 0 Å². The SMILES string of the molecule is CCOCOC(CC)COC(=O)COc1ccccc1. The van der Waals surface area contributed by atoms with E-state index in [0.717, 1.165) is 6.42 Å². The number of para-hydroxylation sites is 1. The van der Waals surface area contributed by atoms with Gasteiger partial charge in [0.25, 0.3) is 0 Å². The van der Waals surface area contributed by atoms with Crippen molar-refractivity contribution in [2.75, 3.05) is 26.6 Å². The van der Waals surface area contributed by atoms with E-state index in [9.17, 15) is 4.79 Å². The summed E-state index contributed by atoms with van der Waals surface area (Å²) in [5.41, 5.74) is 0. The molecule has 0 heterocycles. The molecule has 0 radical (unpaired) electrons. The first-order valence-corrected chi connectivity index (χ1v) is 6.79. The van der Waals surface area contributed by atoms with E-state index in [-0.39, 0.29) is 26.1 Å². The van der Waals surface area contributed by atoms with E-state index in [4.69, 9.17) is 18.9 Å². The fourth-order valence-corrected chi connectivity index (χ4v) is 1.40. The van der Waals surface area contributed by atoms with Crippen molar-refractivity contribution in [3.63, 3.8) is 0 Å². The molecule has 1 rings (SSSR count). The molecule has 0 saturated heterocycles. The van der Waals surface area contributed by atoms with Gasteiger partial charge in [-0.15, -0.1) is 0 Å². The average Bonchev–Trinajstić information content (AvgIpc) is 2.49. The van der Waals surface area contributed by atoms with Crippen LogP contribution < -0.4 is 4.74 Å². The Morgan fingerprint density at radius 3 is 2.60 bits per heavy atom. The second-order valence-electron chi connectivity index (χ2n) is 4.09. The lowest BCUT2D eigenvalue weighted by atomic mass is 10.3. The Kier molecular flexibility index (Phi) is 8.42. The average molecular weight is 282 g/mol. The summed E-state index contributed by atoms with van der Waals surface area (Å²) in [6.45, 7) is 4.77. The molecule has 112 valence electrons. The monoisotopic (exact) mass is 282 g/mol. The topological polar surface area (TPSA) is 54.0 Å². The predicted octanol–water partition coefficient (Wildman–Crippen LogP) is 2.40. The van der Waals surface area contributed by atoms with E-state index in [0.29, 0.717) is 12.4 Å². The molecule has 5 heteroatoms. The third-order valence-electron chi connectivity index (χ3n) is 2.58. The number of benzene rings is 1. The highest BCUT2D eigenvalue weighted by Gasteiger charge is 2.11. The van der Waals surface area contributed by atoms with Gasteiger partial charge in [-0.1, -0.05) is 25.1 Å². The predicted molar refractivity (Wildman–Crippen MR) is 74.6 cm³/mol. The second-order valence-corrected chi connectivity index (χ2v) is 4.09. The van der Waals surface area contributed by atoms with Crippen molar-refractivity contribution >= 4 is 5.97 Å². The molecular formula is C15H22O5. The van der Waals surface area contributed by atoms with Crippen LogP contribution in [-0.4, -0.2) is 38.7 Å². The second kappa shape index (κ2) is 10.2. The van der Waals surface area contributed by atoms with Gasteiger partial charge in [0.15, 0.2) is 6.61 Å². The van der Waals surface area contributed by atoms with Gasteiger partial charge in [0.05, 0.1) is 6.10 Å². The molecular weight excluding hydrogens is 260 g/mol. The molecule has 1 atom stereocenters. The lowest BCUT2D eigenvalue weighted by Gasteiger charge is -2.16. The van der Waals surface area contributed by atoms with Crippen LogP contribution in [-0.2, 0) is 19.0 Å². The number of carbonyl (C=O) groups is 1. The van der Waals surface area contributed by atoms with Crippen molar-refractivity contribution in [3.05, 3.63) is 30.3 Å². The fraction of sp³-hybridized carbons (Fsp3) is 0.533. The van der Waals surface area contributed by atoms with Gasteiger partial charge in [-0.25, -0.2) is 4.79 Å². The van der Waals surface area contributed by atoms with Gasteiger partial charge in [0.1, 0.15) is 19.1 Å². The van der Waals surface area contributed by atoms with Gasteiger partial charge in [-0.2, -0.15) is 0 Å². The summed E-state index contributed by atoms with van der Waals surface area (Å²) in [4.78, 5) is 11.5. The maximum absolute atomic E-state index is 11.5. The molecule has 0 aliphatic carbocycles. The van der Waals surface area contributed by atoms with Crippen LogP contribution in [0.2, 0.25) is 0 Å². The quantitative estimate of drug-likeness (QED) is 0.375. The largest absolute Gasteiger partial charge is 0.482 e. The zero-order valence-electron chi connectivity index (χ0n) is 12.0. The third kappa shape index (κ3) is 7.11. The molecule has 1 unspecified atom stereocenters. The molecule has 1 aromatic rings. The Hall–Kier alpha value is -1.59. The fourth-order valence-electron chi connectivity index (χ4n) is 1.40. The maximum Gasteiger partial charge on any atom is 0.344 e. The summed E-state index contributed by atoms with van der Waals surface area (Å²) >= 11 is 0.